The third-order valence-corrected chi connectivity index (χ3v) is 3.19. The standard InChI is InChI=1S/C14H16N2O/c1-9(2)12(8-15)10-3-5-13-11(7-10)4-6-14(17)16-13/h3,5,7,9,12H,4,6H2,1-2H3,(H,16,17). The minimum absolute atomic E-state index is 0.0714. The number of benzene rings is 1. The molecule has 3 heteroatoms. The molecular formula is C14H16N2O. The Bertz CT molecular complexity index is 485. The summed E-state index contributed by atoms with van der Waals surface area (Å²) in [6.07, 6.45) is 1.31. The number of rotatable bonds is 2. The number of anilines is 1. The molecule has 1 heterocycles. The molecule has 2 rings (SSSR count). The molecule has 1 aromatic carbocycles. The van der Waals surface area contributed by atoms with Crippen LogP contribution in [-0.4, -0.2) is 5.91 Å². The van der Waals surface area contributed by atoms with E-state index in [4.69, 9.17) is 0 Å². The minimum Gasteiger partial charge on any atom is -0.326 e. The van der Waals surface area contributed by atoms with E-state index < -0.39 is 0 Å². The topological polar surface area (TPSA) is 52.9 Å². The van der Waals surface area contributed by atoms with Crippen molar-refractivity contribution < 1.29 is 4.79 Å². The van der Waals surface area contributed by atoms with Gasteiger partial charge >= 0.3 is 0 Å². The third-order valence-electron chi connectivity index (χ3n) is 3.19. The van der Waals surface area contributed by atoms with Crippen LogP contribution in [-0.2, 0) is 11.2 Å². The van der Waals surface area contributed by atoms with Gasteiger partial charge in [-0.2, -0.15) is 5.26 Å². The van der Waals surface area contributed by atoms with Crippen molar-refractivity contribution in [3.63, 3.8) is 0 Å². The van der Waals surface area contributed by atoms with Crippen LogP contribution in [0.3, 0.4) is 0 Å². The molecule has 1 aromatic rings. The molecule has 0 spiro atoms. The predicted molar refractivity (Wildman–Crippen MR) is 66.6 cm³/mol. The molecule has 1 atom stereocenters. The van der Waals surface area contributed by atoms with Crippen molar-refractivity contribution in [1.82, 2.24) is 0 Å². The van der Waals surface area contributed by atoms with Crippen LogP contribution in [0.15, 0.2) is 18.2 Å². The first-order valence-corrected chi connectivity index (χ1v) is 5.94. The minimum atomic E-state index is -0.0714. The molecule has 1 aliphatic rings. The average Bonchev–Trinajstić information content (AvgIpc) is 2.29. The lowest BCUT2D eigenvalue weighted by Gasteiger charge is -2.20. The Labute approximate surface area is 101 Å². The highest BCUT2D eigenvalue weighted by Gasteiger charge is 2.19. The fourth-order valence-electron chi connectivity index (χ4n) is 2.21. The highest BCUT2D eigenvalue weighted by atomic mass is 16.1. The number of carbonyl (C=O) groups is 1. The molecule has 0 aliphatic carbocycles. The zero-order valence-electron chi connectivity index (χ0n) is 10.2. The number of hydrogen-bond donors (Lipinski definition) is 1. The van der Waals surface area contributed by atoms with E-state index in [-0.39, 0.29) is 11.8 Å². The first kappa shape index (κ1) is 11.7. The summed E-state index contributed by atoms with van der Waals surface area (Å²) in [4.78, 5) is 11.2. The van der Waals surface area contributed by atoms with Gasteiger partial charge in [-0.3, -0.25) is 4.79 Å². The van der Waals surface area contributed by atoms with E-state index in [2.05, 4.69) is 31.3 Å². The molecule has 0 fully saturated rings. The van der Waals surface area contributed by atoms with Crippen molar-refractivity contribution in [2.24, 2.45) is 5.92 Å². The van der Waals surface area contributed by atoms with Crippen molar-refractivity contribution in [3.8, 4) is 6.07 Å². The molecule has 0 bridgehead atoms. The van der Waals surface area contributed by atoms with Gasteiger partial charge in [-0.05, 0) is 29.5 Å². The summed E-state index contributed by atoms with van der Waals surface area (Å²) < 4.78 is 0. The number of carbonyl (C=O) groups excluding carboxylic acids is 1. The van der Waals surface area contributed by atoms with Gasteiger partial charge in [-0.1, -0.05) is 26.0 Å². The van der Waals surface area contributed by atoms with Gasteiger partial charge in [0.1, 0.15) is 0 Å². The second-order valence-corrected chi connectivity index (χ2v) is 4.82. The summed E-state index contributed by atoms with van der Waals surface area (Å²) in [6, 6.07) is 8.26. The van der Waals surface area contributed by atoms with E-state index in [9.17, 15) is 10.1 Å². The van der Waals surface area contributed by atoms with E-state index in [1.165, 1.54) is 0 Å². The van der Waals surface area contributed by atoms with Gasteiger partial charge < -0.3 is 5.32 Å². The number of nitrogens with zero attached hydrogens (tertiary/aromatic N) is 1. The number of aryl methyl sites for hydroxylation is 1. The van der Waals surface area contributed by atoms with Crippen LogP contribution in [0.5, 0.6) is 0 Å². The number of fused-ring (bicyclic) bond motifs is 1. The first-order chi connectivity index (χ1) is 8.11. The van der Waals surface area contributed by atoms with Crippen molar-refractivity contribution in [3.05, 3.63) is 29.3 Å². The van der Waals surface area contributed by atoms with Crippen molar-refractivity contribution in [2.75, 3.05) is 5.32 Å². The van der Waals surface area contributed by atoms with Gasteiger partial charge in [-0.25, -0.2) is 0 Å². The van der Waals surface area contributed by atoms with E-state index >= 15 is 0 Å². The summed E-state index contributed by atoms with van der Waals surface area (Å²) in [5, 5.41) is 12.0. The van der Waals surface area contributed by atoms with Gasteiger partial charge in [0, 0.05) is 12.1 Å². The Morgan fingerprint density at radius 2 is 2.12 bits per heavy atom. The molecule has 3 nitrogen and oxygen atoms in total. The SMILES string of the molecule is CC(C)C(C#N)c1ccc2c(c1)CCC(=O)N2. The van der Waals surface area contributed by atoms with Crippen LogP contribution >= 0.6 is 0 Å². The Morgan fingerprint density at radius 1 is 1.35 bits per heavy atom. The summed E-state index contributed by atoms with van der Waals surface area (Å²) in [5.74, 6) is 0.306. The molecule has 0 saturated heterocycles. The largest absolute Gasteiger partial charge is 0.326 e. The fourth-order valence-corrected chi connectivity index (χ4v) is 2.21. The molecule has 0 saturated carbocycles. The van der Waals surface area contributed by atoms with E-state index in [1.54, 1.807) is 0 Å². The molecule has 0 radical (unpaired) electrons. The summed E-state index contributed by atoms with van der Waals surface area (Å²) in [7, 11) is 0. The molecule has 17 heavy (non-hydrogen) atoms. The van der Waals surface area contributed by atoms with Crippen LogP contribution < -0.4 is 5.32 Å². The molecule has 0 aromatic heterocycles. The van der Waals surface area contributed by atoms with Crippen molar-refractivity contribution >= 4 is 11.6 Å². The molecule has 1 aliphatic heterocycles. The maximum Gasteiger partial charge on any atom is 0.224 e. The molecule has 88 valence electrons. The zero-order valence-corrected chi connectivity index (χ0v) is 10.2. The second-order valence-electron chi connectivity index (χ2n) is 4.82. The summed E-state index contributed by atoms with van der Waals surface area (Å²) >= 11 is 0. The normalized spacial score (nSPS) is 16.0. The Hall–Kier alpha value is -1.82. The maximum absolute atomic E-state index is 11.2. The Balaban J connectivity index is 2.34. The van der Waals surface area contributed by atoms with Crippen LogP contribution in [0.2, 0.25) is 0 Å². The lowest BCUT2D eigenvalue weighted by molar-refractivity contribution is -0.116. The average molecular weight is 228 g/mol. The number of nitriles is 1. The summed E-state index contributed by atoms with van der Waals surface area (Å²) in [5.41, 5.74) is 3.09. The Morgan fingerprint density at radius 3 is 2.76 bits per heavy atom. The molecule has 1 unspecified atom stereocenters. The highest BCUT2D eigenvalue weighted by Crippen LogP contribution is 2.29. The second kappa shape index (κ2) is 4.58. The summed E-state index contributed by atoms with van der Waals surface area (Å²) in [6.45, 7) is 4.10. The van der Waals surface area contributed by atoms with Gasteiger partial charge in [-0.15, -0.1) is 0 Å². The van der Waals surface area contributed by atoms with Crippen molar-refractivity contribution in [1.29, 1.82) is 5.26 Å². The number of nitrogens with one attached hydrogen (secondary N) is 1. The monoisotopic (exact) mass is 228 g/mol. The van der Waals surface area contributed by atoms with Crippen LogP contribution in [0.25, 0.3) is 0 Å². The first-order valence-electron chi connectivity index (χ1n) is 5.94. The van der Waals surface area contributed by atoms with Gasteiger partial charge in [0.15, 0.2) is 0 Å². The zero-order chi connectivity index (χ0) is 12.4. The molecule has 1 N–H and O–H groups in total. The number of amides is 1. The van der Waals surface area contributed by atoms with Crippen LogP contribution in [0, 0.1) is 17.2 Å². The van der Waals surface area contributed by atoms with Crippen LogP contribution in [0.4, 0.5) is 5.69 Å². The van der Waals surface area contributed by atoms with Crippen LogP contribution in [0.1, 0.15) is 37.3 Å². The van der Waals surface area contributed by atoms with Gasteiger partial charge in [0.05, 0.1) is 12.0 Å². The highest BCUT2D eigenvalue weighted by molar-refractivity contribution is 5.93. The lowest BCUT2D eigenvalue weighted by atomic mass is 9.87. The van der Waals surface area contributed by atoms with Gasteiger partial charge in [0.2, 0.25) is 5.91 Å². The molecule has 1 amide bonds. The van der Waals surface area contributed by atoms with E-state index in [1.807, 2.05) is 12.1 Å². The smallest absolute Gasteiger partial charge is 0.224 e. The fraction of sp³-hybridized carbons (Fsp3) is 0.429. The third kappa shape index (κ3) is 2.31. The maximum atomic E-state index is 11.2. The van der Waals surface area contributed by atoms with E-state index in [0.29, 0.717) is 12.3 Å². The Kier molecular flexibility index (Phi) is 3.14. The molecular weight excluding hydrogens is 212 g/mol. The quantitative estimate of drug-likeness (QED) is 0.846. The van der Waals surface area contributed by atoms with E-state index in [0.717, 1.165) is 23.2 Å². The predicted octanol–water partition coefficient (Wildman–Crippen LogP) is 2.83. The lowest BCUT2D eigenvalue weighted by Crippen LogP contribution is -2.19. The number of hydrogen-bond acceptors (Lipinski definition) is 2. The van der Waals surface area contributed by atoms with Gasteiger partial charge in [0.25, 0.3) is 0 Å². The van der Waals surface area contributed by atoms with Crippen molar-refractivity contribution in [2.45, 2.75) is 32.6 Å².